The first-order chi connectivity index (χ1) is 25.1. The normalized spacial score (nSPS) is 17.0. The molecule has 7 rings (SSSR count). The van der Waals surface area contributed by atoms with Gasteiger partial charge in [0.15, 0.2) is 0 Å². The van der Waals surface area contributed by atoms with Crippen molar-refractivity contribution >= 4 is 52.9 Å². The summed E-state index contributed by atoms with van der Waals surface area (Å²) in [5.74, 6) is -0.261. The van der Waals surface area contributed by atoms with E-state index in [1.54, 1.807) is 65.6 Å². The summed E-state index contributed by atoms with van der Waals surface area (Å²) in [7, 11) is 1.27. The third-order valence-corrected chi connectivity index (χ3v) is 9.63. The van der Waals surface area contributed by atoms with Gasteiger partial charge in [0.25, 0.3) is 5.56 Å². The van der Waals surface area contributed by atoms with Crippen LogP contribution in [0.25, 0.3) is 23.0 Å². The first-order valence-corrected chi connectivity index (χ1v) is 17.1. The molecule has 2 bridgehead atoms. The fraction of sp³-hybridized carbons (Fsp3) is 0.257. The Kier molecular flexibility index (Phi) is 9.87. The number of methoxy groups -OCH3 is 1. The molecule has 17 heteroatoms. The minimum absolute atomic E-state index is 0.0229. The summed E-state index contributed by atoms with van der Waals surface area (Å²) in [5, 5.41) is 17.5. The number of anilines is 1. The van der Waals surface area contributed by atoms with Crippen LogP contribution in [0.1, 0.15) is 41.9 Å². The van der Waals surface area contributed by atoms with E-state index in [1.165, 1.54) is 24.2 Å². The van der Waals surface area contributed by atoms with Gasteiger partial charge in [0.05, 0.1) is 25.3 Å². The van der Waals surface area contributed by atoms with Gasteiger partial charge >= 0.3 is 6.09 Å². The number of pyridine rings is 1. The summed E-state index contributed by atoms with van der Waals surface area (Å²) in [6.45, 7) is 1.48. The van der Waals surface area contributed by atoms with Crippen LogP contribution in [0, 0.1) is 5.92 Å². The number of tetrazole rings is 1. The van der Waals surface area contributed by atoms with E-state index in [2.05, 4.69) is 35.9 Å². The predicted molar refractivity (Wildman–Crippen MR) is 192 cm³/mol. The smallest absolute Gasteiger partial charge is 0.411 e. The van der Waals surface area contributed by atoms with Gasteiger partial charge in [-0.2, -0.15) is 4.68 Å². The number of nitrogens with zero attached hydrogens (tertiary/aromatic N) is 7. The molecule has 5 aromatic rings. The number of piperidine rings is 1. The zero-order chi connectivity index (χ0) is 36.4. The van der Waals surface area contributed by atoms with Gasteiger partial charge in [0.1, 0.15) is 23.0 Å². The maximum absolute atomic E-state index is 14.0. The van der Waals surface area contributed by atoms with Gasteiger partial charge in [-0.15, -0.1) is 5.10 Å². The Hall–Kier alpha value is -5.80. The molecule has 5 heterocycles. The molecular weight excluding hydrogens is 711 g/mol. The van der Waals surface area contributed by atoms with E-state index in [0.717, 1.165) is 12.1 Å². The van der Waals surface area contributed by atoms with Crippen molar-refractivity contribution < 1.29 is 19.1 Å². The number of aromatic nitrogens is 7. The average Bonchev–Trinajstić information content (AvgIpc) is 3.81. The maximum atomic E-state index is 14.0. The summed E-state index contributed by atoms with van der Waals surface area (Å²) >= 11 is 12.9. The Balaban J connectivity index is 1.15. The van der Waals surface area contributed by atoms with Crippen molar-refractivity contribution in [1.29, 1.82) is 0 Å². The fourth-order valence-electron chi connectivity index (χ4n) is 6.75. The highest BCUT2D eigenvalue weighted by Crippen LogP contribution is 2.36. The first-order valence-electron chi connectivity index (χ1n) is 16.3. The van der Waals surface area contributed by atoms with E-state index in [-0.39, 0.29) is 40.7 Å². The molecule has 52 heavy (non-hydrogen) atoms. The number of amides is 3. The van der Waals surface area contributed by atoms with Crippen molar-refractivity contribution in [3.63, 3.8) is 0 Å². The van der Waals surface area contributed by atoms with E-state index in [0.29, 0.717) is 52.9 Å². The Bertz CT molecular complexity index is 2220. The number of H-pyrrole nitrogens is 1. The van der Waals surface area contributed by atoms with Crippen molar-refractivity contribution in [3.05, 3.63) is 111 Å². The summed E-state index contributed by atoms with van der Waals surface area (Å²) < 4.78 is 7.91. The number of carbonyl (C=O) groups is 3. The fourth-order valence-corrected chi connectivity index (χ4v) is 7.18. The molecule has 15 nitrogen and oxygen atoms in total. The van der Waals surface area contributed by atoms with E-state index >= 15 is 0 Å². The highest BCUT2D eigenvalue weighted by Gasteiger charge is 2.37. The van der Waals surface area contributed by atoms with Gasteiger partial charge in [-0.05, 0) is 65.2 Å². The number of aromatic amines is 1. The van der Waals surface area contributed by atoms with Gasteiger partial charge in [-0.1, -0.05) is 41.4 Å². The molecule has 3 atom stereocenters. The van der Waals surface area contributed by atoms with Gasteiger partial charge < -0.3 is 24.5 Å². The first kappa shape index (κ1) is 34.6. The van der Waals surface area contributed by atoms with Crippen molar-refractivity contribution in [2.75, 3.05) is 25.5 Å². The molecular formula is C35H32Cl2N10O5. The van der Waals surface area contributed by atoms with E-state index in [1.807, 2.05) is 10.6 Å². The quantitative estimate of drug-likeness (QED) is 0.182. The summed E-state index contributed by atoms with van der Waals surface area (Å²) in [4.78, 5) is 61.3. The maximum Gasteiger partial charge on any atom is 0.411 e. The number of benzene rings is 2. The largest absolute Gasteiger partial charge is 0.453 e. The van der Waals surface area contributed by atoms with Crippen LogP contribution in [-0.2, 0) is 20.9 Å². The molecule has 0 saturated carbocycles. The molecule has 0 spiro atoms. The van der Waals surface area contributed by atoms with Crippen LogP contribution in [0.4, 0.5) is 10.5 Å². The molecule has 2 aliphatic rings. The molecule has 0 radical (unpaired) electrons. The highest BCUT2D eigenvalue weighted by atomic mass is 35.5. The predicted octanol–water partition coefficient (Wildman–Crippen LogP) is 4.61. The molecule has 2 aromatic carbocycles. The van der Waals surface area contributed by atoms with Crippen LogP contribution in [0.5, 0.6) is 0 Å². The molecule has 1 saturated heterocycles. The number of hydrogen-bond acceptors (Lipinski definition) is 9. The number of carbonyl (C=O) groups excluding carboxylic acids is 3. The van der Waals surface area contributed by atoms with Crippen LogP contribution in [0.2, 0.25) is 10.2 Å². The van der Waals surface area contributed by atoms with Crippen LogP contribution < -0.4 is 16.2 Å². The minimum atomic E-state index is -0.897. The zero-order valence-corrected chi connectivity index (χ0v) is 29.2. The van der Waals surface area contributed by atoms with Gasteiger partial charge in [0, 0.05) is 65.2 Å². The summed E-state index contributed by atoms with van der Waals surface area (Å²) in [5.41, 5.74) is 3.59. The Labute approximate surface area is 306 Å². The van der Waals surface area contributed by atoms with E-state index < -0.39 is 18.0 Å². The summed E-state index contributed by atoms with van der Waals surface area (Å²) in [6, 6.07) is 16.2. The third kappa shape index (κ3) is 7.45. The number of ether oxygens (including phenoxy) is 1. The molecule has 2 aliphatic heterocycles. The second-order valence-corrected chi connectivity index (χ2v) is 13.3. The highest BCUT2D eigenvalue weighted by molar-refractivity contribution is 6.32. The average molecular weight is 744 g/mol. The van der Waals surface area contributed by atoms with Gasteiger partial charge in [-0.25, -0.2) is 9.78 Å². The second kappa shape index (κ2) is 14.8. The van der Waals surface area contributed by atoms with E-state index in [4.69, 9.17) is 28.2 Å². The lowest BCUT2D eigenvalue weighted by Gasteiger charge is -2.43. The van der Waals surface area contributed by atoms with Crippen molar-refractivity contribution in [2.45, 2.75) is 31.3 Å². The lowest BCUT2D eigenvalue weighted by Crippen LogP contribution is -2.49. The number of rotatable bonds is 9. The number of imidazole rings is 1. The zero-order valence-electron chi connectivity index (χ0n) is 27.7. The van der Waals surface area contributed by atoms with Crippen LogP contribution in [0.3, 0.4) is 0 Å². The Morgan fingerprint density at radius 2 is 1.90 bits per heavy atom. The van der Waals surface area contributed by atoms with Crippen LogP contribution in [-0.4, -0.2) is 77.7 Å². The molecule has 2 unspecified atom stereocenters. The number of fused-ring (bicyclic) bond motifs is 4. The number of hydrogen-bond donors (Lipinski definition) is 3. The summed E-state index contributed by atoms with van der Waals surface area (Å²) in [6.07, 6.45) is 4.50. The second-order valence-electron chi connectivity index (χ2n) is 12.5. The monoisotopic (exact) mass is 742 g/mol. The van der Waals surface area contributed by atoms with Crippen LogP contribution in [0.15, 0.2) is 77.9 Å². The van der Waals surface area contributed by atoms with Crippen molar-refractivity contribution in [2.24, 2.45) is 5.92 Å². The molecule has 266 valence electrons. The molecule has 1 fully saturated rings. The Morgan fingerprint density at radius 1 is 1.08 bits per heavy atom. The molecule has 0 aliphatic carbocycles. The lowest BCUT2D eigenvalue weighted by atomic mass is 9.83. The van der Waals surface area contributed by atoms with E-state index in [9.17, 15) is 19.2 Å². The molecule has 3 N–H and O–H groups in total. The van der Waals surface area contributed by atoms with Gasteiger partial charge in [-0.3, -0.25) is 19.7 Å². The van der Waals surface area contributed by atoms with Crippen molar-refractivity contribution in [3.8, 4) is 16.9 Å². The number of halogens is 2. The minimum Gasteiger partial charge on any atom is -0.453 e. The SMILES string of the molecule is COC(=O)Nc1ccc(-c2nc([C@H](CC(=O)N3CC4CC(C3)c3cccc(=O)n3C4)NC(=O)/C=C/c3cc(Cl)ccc3-n3cnnn3)[nH]c2Cl)cc1. The Morgan fingerprint density at radius 3 is 2.67 bits per heavy atom. The number of likely N-dealkylation sites (tertiary alicyclic amines) is 1. The topological polar surface area (TPSA) is 182 Å². The standard InChI is InChI=1S/C35H32Cl2N10O5/c1-52-35(51)39-25-9-5-21(6-10-25)32-33(37)42-34(41-32)26(40-29(48)12-7-22-14-24(36)8-11-28(22)47-19-38-43-44-47)15-31(50)45-16-20-13-23(18-45)27-3-2-4-30(49)46(27)17-20/h2-12,14,19-20,23,26H,13,15-18H2,1H3,(H,39,51)(H,40,48)(H,41,42)/b12-7+/t20?,23?,26-/m0/s1. The lowest BCUT2D eigenvalue weighted by molar-refractivity contribution is -0.134. The third-order valence-electron chi connectivity index (χ3n) is 9.13. The van der Waals surface area contributed by atoms with Crippen molar-refractivity contribution in [1.82, 2.24) is 45.0 Å². The number of nitrogens with one attached hydrogen (secondary N) is 3. The van der Waals surface area contributed by atoms with Gasteiger partial charge in [0.2, 0.25) is 11.8 Å². The molecule has 3 aromatic heterocycles. The molecule has 3 amide bonds. The van der Waals surface area contributed by atoms with Crippen LogP contribution >= 0.6 is 23.2 Å².